The molecule has 0 aliphatic carbocycles. The summed E-state index contributed by atoms with van der Waals surface area (Å²) in [5.41, 5.74) is 3.34. The van der Waals surface area contributed by atoms with Gasteiger partial charge in [-0.3, -0.25) is 0 Å². The third kappa shape index (κ3) is 2.08. The number of rotatable bonds is 1. The lowest BCUT2D eigenvalue weighted by molar-refractivity contribution is 0.0613. The molecule has 0 bridgehead atoms. The Balaban J connectivity index is 2.52. The summed E-state index contributed by atoms with van der Waals surface area (Å²) in [7, 11) is -1.47. The standard InChI is InChI=1S/C9H16OSi/c1-4-11(2,3)9-7-5-6-8-10-9/h1,9H,5-8H2,2-3H3. The van der Waals surface area contributed by atoms with Gasteiger partial charge in [-0.2, -0.15) is 0 Å². The van der Waals surface area contributed by atoms with Gasteiger partial charge in [0.25, 0.3) is 0 Å². The summed E-state index contributed by atoms with van der Waals surface area (Å²) in [6, 6.07) is 0. The maximum Gasteiger partial charge on any atom is 0.162 e. The molecule has 1 aliphatic heterocycles. The molecule has 0 aromatic carbocycles. The lowest BCUT2D eigenvalue weighted by Crippen LogP contribution is -2.44. The number of ether oxygens (including phenoxy) is 1. The fraction of sp³-hybridized carbons (Fsp3) is 0.778. The summed E-state index contributed by atoms with van der Waals surface area (Å²) in [5, 5.41) is 0. The highest BCUT2D eigenvalue weighted by molar-refractivity contribution is 6.86. The molecule has 0 spiro atoms. The first kappa shape index (κ1) is 8.83. The zero-order valence-electron chi connectivity index (χ0n) is 7.39. The fourth-order valence-electron chi connectivity index (χ4n) is 1.40. The van der Waals surface area contributed by atoms with Crippen LogP contribution in [0.15, 0.2) is 0 Å². The predicted octanol–water partition coefficient (Wildman–Crippen LogP) is 1.98. The minimum Gasteiger partial charge on any atom is -0.380 e. The Morgan fingerprint density at radius 3 is 2.64 bits per heavy atom. The van der Waals surface area contributed by atoms with Gasteiger partial charge in [0.1, 0.15) is 0 Å². The Labute approximate surface area is 70.1 Å². The van der Waals surface area contributed by atoms with Crippen molar-refractivity contribution in [3.05, 3.63) is 0 Å². The van der Waals surface area contributed by atoms with Crippen LogP contribution in [0.25, 0.3) is 0 Å². The Morgan fingerprint density at radius 1 is 1.45 bits per heavy atom. The average molecular weight is 168 g/mol. The molecular formula is C9H16OSi. The average Bonchev–Trinajstić information content (AvgIpc) is 2.06. The van der Waals surface area contributed by atoms with E-state index in [0.717, 1.165) is 6.61 Å². The maximum absolute atomic E-state index is 5.65. The smallest absolute Gasteiger partial charge is 0.162 e. The van der Waals surface area contributed by atoms with Crippen LogP contribution in [-0.4, -0.2) is 20.4 Å². The van der Waals surface area contributed by atoms with Crippen molar-refractivity contribution < 1.29 is 4.74 Å². The quantitative estimate of drug-likeness (QED) is 0.430. The minimum atomic E-state index is -1.47. The molecule has 1 heterocycles. The highest BCUT2D eigenvalue weighted by Gasteiger charge is 2.32. The Kier molecular flexibility index (Phi) is 2.75. The van der Waals surface area contributed by atoms with Gasteiger partial charge < -0.3 is 4.74 Å². The molecule has 1 rings (SSSR count). The molecular weight excluding hydrogens is 152 g/mol. The second-order valence-electron chi connectivity index (χ2n) is 3.72. The van der Waals surface area contributed by atoms with Crippen molar-refractivity contribution in [3.8, 4) is 12.0 Å². The van der Waals surface area contributed by atoms with Gasteiger partial charge in [0, 0.05) is 6.61 Å². The van der Waals surface area contributed by atoms with Gasteiger partial charge in [-0.15, -0.1) is 12.0 Å². The molecule has 1 aliphatic rings. The summed E-state index contributed by atoms with van der Waals surface area (Å²) in [4.78, 5) is 0. The van der Waals surface area contributed by atoms with E-state index < -0.39 is 8.07 Å². The van der Waals surface area contributed by atoms with Gasteiger partial charge in [0.05, 0.1) is 5.73 Å². The monoisotopic (exact) mass is 168 g/mol. The van der Waals surface area contributed by atoms with Crippen LogP contribution in [0.4, 0.5) is 0 Å². The third-order valence-electron chi connectivity index (χ3n) is 2.36. The first-order valence-electron chi connectivity index (χ1n) is 4.26. The van der Waals surface area contributed by atoms with Crippen LogP contribution in [-0.2, 0) is 4.74 Å². The molecule has 11 heavy (non-hydrogen) atoms. The van der Waals surface area contributed by atoms with E-state index >= 15 is 0 Å². The molecule has 1 fully saturated rings. The Bertz CT molecular complexity index is 163. The van der Waals surface area contributed by atoms with Crippen molar-refractivity contribution in [2.24, 2.45) is 0 Å². The number of hydrogen-bond donors (Lipinski definition) is 0. The van der Waals surface area contributed by atoms with E-state index in [9.17, 15) is 0 Å². The molecule has 1 saturated heterocycles. The van der Waals surface area contributed by atoms with E-state index in [0.29, 0.717) is 5.73 Å². The first-order chi connectivity index (χ1) is 5.17. The second-order valence-corrected chi connectivity index (χ2v) is 8.10. The summed E-state index contributed by atoms with van der Waals surface area (Å²) < 4.78 is 5.65. The zero-order chi connectivity index (χ0) is 8.32. The Hall–Kier alpha value is -0.263. The molecule has 1 unspecified atom stereocenters. The van der Waals surface area contributed by atoms with Crippen molar-refractivity contribution in [1.29, 1.82) is 0 Å². The van der Waals surface area contributed by atoms with Crippen LogP contribution < -0.4 is 0 Å². The van der Waals surface area contributed by atoms with Gasteiger partial charge >= 0.3 is 0 Å². The van der Waals surface area contributed by atoms with E-state index in [2.05, 4.69) is 18.6 Å². The van der Waals surface area contributed by atoms with Crippen molar-refractivity contribution in [2.75, 3.05) is 6.61 Å². The molecule has 0 radical (unpaired) electrons. The van der Waals surface area contributed by atoms with Gasteiger partial charge in [-0.25, -0.2) is 0 Å². The zero-order valence-corrected chi connectivity index (χ0v) is 8.39. The predicted molar refractivity (Wildman–Crippen MR) is 49.9 cm³/mol. The Morgan fingerprint density at radius 2 is 2.18 bits per heavy atom. The molecule has 1 nitrogen and oxygen atoms in total. The van der Waals surface area contributed by atoms with Crippen LogP contribution in [0, 0.1) is 12.0 Å². The van der Waals surface area contributed by atoms with Crippen molar-refractivity contribution in [1.82, 2.24) is 0 Å². The summed E-state index contributed by atoms with van der Waals surface area (Å²) >= 11 is 0. The normalized spacial score (nSPS) is 26.1. The molecule has 0 amide bonds. The largest absolute Gasteiger partial charge is 0.380 e. The van der Waals surface area contributed by atoms with Crippen molar-refractivity contribution in [3.63, 3.8) is 0 Å². The van der Waals surface area contributed by atoms with E-state index in [1.165, 1.54) is 19.3 Å². The van der Waals surface area contributed by atoms with Crippen LogP contribution in [0.1, 0.15) is 19.3 Å². The molecule has 1 atom stereocenters. The van der Waals surface area contributed by atoms with Gasteiger partial charge in [-0.1, -0.05) is 13.1 Å². The van der Waals surface area contributed by atoms with E-state index in [1.54, 1.807) is 0 Å². The maximum atomic E-state index is 5.65. The van der Waals surface area contributed by atoms with Crippen LogP contribution in [0.3, 0.4) is 0 Å². The first-order valence-corrected chi connectivity index (χ1v) is 7.34. The molecule has 0 aromatic rings. The highest BCUT2D eigenvalue weighted by Crippen LogP contribution is 2.21. The fourth-order valence-corrected chi connectivity index (χ4v) is 3.05. The highest BCUT2D eigenvalue weighted by atomic mass is 28.3. The van der Waals surface area contributed by atoms with Crippen molar-refractivity contribution in [2.45, 2.75) is 38.1 Å². The lowest BCUT2D eigenvalue weighted by atomic mass is 10.2. The topological polar surface area (TPSA) is 9.23 Å². The molecule has 0 aromatic heterocycles. The molecule has 62 valence electrons. The summed E-state index contributed by atoms with van der Waals surface area (Å²) in [5.74, 6) is 0. The van der Waals surface area contributed by atoms with Crippen LogP contribution in [0.2, 0.25) is 13.1 Å². The summed E-state index contributed by atoms with van der Waals surface area (Å²) in [6.45, 7) is 5.34. The summed E-state index contributed by atoms with van der Waals surface area (Å²) in [6.07, 6.45) is 9.16. The number of hydrogen-bond acceptors (Lipinski definition) is 1. The van der Waals surface area contributed by atoms with E-state index in [-0.39, 0.29) is 0 Å². The van der Waals surface area contributed by atoms with E-state index in [1.807, 2.05) is 0 Å². The van der Waals surface area contributed by atoms with Crippen LogP contribution >= 0.6 is 0 Å². The van der Waals surface area contributed by atoms with Gasteiger partial charge in [-0.05, 0) is 19.3 Å². The number of terminal acetylenes is 1. The minimum absolute atomic E-state index is 0.418. The van der Waals surface area contributed by atoms with Crippen molar-refractivity contribution >= 4 is 8.07 Å². The van der Waals surface area contributed by atoms with Gasteiger partial charge in [0.2, 0.25) is 0 Å². The van der Waals surface area contributed by atoms with Gasteiger partial charge in [0.15, 0.2) is 8.07 Å². The molecule has 0 saturated carbocycles. The molecule has 2 heteroatoms. The lowest BCUT2D eigenvalue weighted by Gasteiger charge is -2.30. The SMILES string of the molecule is C#C[Si](C)(C)C1CCCCO1. The third-order valence-corrected chi connectivity index (χ3v) is 5.17. The molecule has 0 N–H and O–H groups in total. The van der Waals surface area contributed by atoms with E-state index in [4.69, 9.17) is 11.2 Å². The van der Waals surface area contributed by atoms with Crippen LogP contribution in [0.5, 0.6) is 0 Å². The second kappa shape index (κ2) is 3.42.